The van der Waals surface area contributed by atoms with Crippen molar-refractivity contribution in [2.45, 2.75) is 69.3 Å². The first kappa shape index (κ1) is 20.5. The van der Waals surface area contributed by atoms with Crippen LogP contribution in [0.25, 0.3) is 0 Å². The summed E-state index contributed by atoms with van der Waals surface area (Å²) >= 11 is 0. The lowest BCUT2D eigenvalue weighted by molar-refractivity contribution is -0.148. The molecule has 5 atom stereocenters. The lowest BCUT2D eigenvalue weighted by Crippen LogP contribution is -2.61. The van der Waals surface area contributed by atoms with Gasteiger partial charge in [0.1, 0.15) is 0 Å². The first-order valence-corrected chi connectivity index (χ1v) is 9.89. The molecule has 1 aromatic heterocycles. The predicted octanol–water partition coefficient (Wildman–Crippen LogP) is 2.66. The second-order valence-electron chi connectivity index (χ2n) is 9.49. The van der Waals surface area contributed by atoms with Gasteiger partial charge >= 0.3 is 12.3 Å². The quantitative estimate of drug-likeness (QED) is 0.700. The van der Waals surface area contributed by atoms with Crippen LogP contribution in [0.15, 0.2) is 6.20 Å². The van der Waals surface area contributed by atoms with Gasteiger partial charge in [0.05, 0.1) is 23.9 Å². The van der Waals surface area contributed by atoms with Crippen LogP contribution in [0.2, 0.25) is 0 Å². The Morgan fingerprint density at radius 2 is 1.93 bits per heavy atom. The van der Waals surface area contributed by atoms with E-state index in [1.807, 2.05) is 0 Å². The van der Waals surface area contributed by atoms with Gasteiger partial charge in [0.15, 0.2) is 11.4 Å². The van der Waals surface area contributed by atoms with E-state index >= 15 is 0 Å². The predicted molar refractivity (Wildman–Crippen MR) is 95.1 cm³/mol. The summed E-state index contributed by atoms with van der Waals surface area (Å²) in [7, 11) is 0. The fourth-order valence-electron chi connectivity index (χ4n) is 5.68. The number of amides is 1. The van der Waals surface area contributed by atoms with Crippen molar-refractivity contribution in [2.75, 3.05) is 6.61 Å². The Balaban J connectivity index is 1.51. The van der Waals surface area contributed by atoms with Gasteiger partial charge in [0, 0.05) is 6.04 Å². The van der Waals surface area contributed by atoms with Gasteiger partial charge in [-0.05, 0) is 63.7 Å². The molecule has 3 unspecified atom stereocenters. The minimum absolute atomic E-state index is 0.108. The Bertz CT molecular complexity index is 791. The second kappa shape index (κ2) is 6.60. The smallest absolute Gasteiger partial charge is 0.406 e. The number of hydrogen-bond acceptors (Lipinski definition) is 5. The van der Waals surface area contributed by atoms with Crippen molar-refractivity contribution in [1.82, 2.24) is 15.1 Å². The molecule has 0 aromatic carbocycles. The molecule has 0 saturated heterocycles. The SMILES string of the molecule is CC(C)(CO)n1ncc(OC(=O)NC2[C@@H]3CC4C[C@H]2CC(O)(C4)C3)c1C(F)(F)F. The average molecular weight is 417 g/mol. The van der Waals surface area contributed by atoms with Gasteiger partial charge in [-0.25, -0.2) is 9.48 Å². The van der Waals surface area contributed by atoms with Crippen LogP contribution >= 0.6 is 0 Å². The number of nitrogens with one attached hydrogen (secondary N) is 1. The molecule has 4 aliphatic rings. The van der Waals surface area contributed by atoms with Crippen LogP contribution in [0.5, 0.6) is 5.75 Å². The maximum Gasteiger partial charge on any atom is 0.436 e. The van der Waals surface area contributed by atoms with Crippen LogP contribution in [0, 0.1) is 17.8 Å². The van der Waals surface area contributed by atoms with E-state index in [1.54, 1.807) is 0 Å². The molecule has 4 aliphatic carbocycles. The molecule has 3 N–H and O–H groups in total. The summed E-state index contributed by atoms with van der Waals surface area (Å²) in [5, 5.41) is 26.5. The van der Waals surface area contributed by atoms with E-state index in [9.17, 15) is 28.2 Å². The first-order chi connectivity index (χ1) is 13.4. The molecule has 4 fully saturated rings. The summed E-state index contributed by atoms with van der Waals surface area (Å²) in [4.78, 5) is 12.4. The minimum Gasteiger partial charge on any atom is -0.406 e. The van der Waals surface area contributed by atoms with E-state index in [0.717, 1.165) is 25.5 Å². The van der Waals surface area contributed by atoms with Crippen LogP contribution in [-0.4, -0.2) is 44.3 Å². The lowest BCUT2D eigenvalue weighted by atomic mass is 9.52. The summed E-state index contributed by atoms with van der Waals surface area (Å²) < 4.78 is 46.5. The molecule has 0 radical (unpaired) electrons. The van der Waals surface area contributed by atoms with Crippen LogP contribution in [-0.2, 0) is 11.7 Å². The normalized spacial score (nSPS) is 33.8. The molecule has 5 rings (SSSR count). The van der Waals surface area contributed by atoms with Gasteiger partial charge in [-0.1, -0.05) is 0 Å². The minimum atomic E-state index is -4.82. The largest absolute Gasteiger partial charge is 0.436 e. The fraction of sp³-hybridized carbons (Fsp3) is 0.789. The number of carbonyl (C=O) groups is 1. The maximum atomic E-state index is 13.6. The summed E-state index contributed by atoms with van der Waals surface area (Å²) in [6.45, 7) is 2.23. The number of rotatable bonds is 4. The number of ether oxygens (including phenoxy) is 1. The molecule has 10 heteroatoms. The van der Waals surface area contributed by atoms with Gasteiger partial charge in [-0.2, -0.15) is 18.3 Å². The van der Waals surface area contributed by atoms with Crippen LogP contribution in [0.4, 0.5) is 18.0 Å². The number of halogens is 3. The Morgan fingerprint density at radius 3 is 2.45 bits per heavy atom. The fourth-order valence-corrected chi connectivity index (χ4v) is 5.68. The van der Waals surface area contributed by atoms with E-state index in [1.165, 1.54) is 13.8 Å². The van der Waals surface area contributed by atoms with Gasteiger partial charge in [-0.3, -0.25) is 0 Å². The Morgan fingerprint density at radius 1 is 1.31 bits per heavy atom. The van der Waals surface area contributed by atoms with Gasteiger partial charge in [-0.15, -0.1) is 0 Å². The highest BCUT2D eigenvalue weighted by molar-refractivity contribution is 5.71. The Kier molecular flexibility index (Phi) is 4.65. The summed E-state index contributed by atoms with van der Waals surface area (Å²) in [5.41, 5.74) is -3.20. The highest BCUT2D eigenvalue weighted by Crippen LogP contribution is 2.55. The molecular formula is C19H26F3N3O4. The third-order valence-electron chi connectivity index (χ3n) is 6.69. The van der Waals surface area contributed by atoms with Crippen LogP contribution in [0.3, 0.4) is 0 Å². The number of aliphatic hydroxyl groups excluding tert-OH is 1. The van der Waals surface area contributed by atoms with Crippen molar-refractivity contribution >= 4 is 6.09 Å². The molecule has 1 heterocycles. The van der Waals surface area contributed by atoms with Gasteiger partial charge in [0.25, 0.3) is 0 Å². The number of carbonyl (C=O) groups excluding carboxylic acids is 1. The van der Waals surface area contributed by atoms with Crippen molar-refractivity contribution in [3.05, 3.63) is 11.9 Å². The Labute approximate surface area is 166 Å². The van der Waals surface area contributed by atoms with E-state index in [0.29, 0.717) is 23.4 Å². The third kappa shape index (κ3) is 3.61. The van der Waals surface area contributed by atoms with E-state index in [4.69, 9.17) is 4.74 Å². The summed E-state index contributed by atoms with van der Waals surface area (Å²) in [6, 6.07) is -0.211. The zero-order valence-corrected chi connectivity index (χ0v) is 16.4. The van der Waals surface area contributed by atoms with Crippen LogP contribution in [0.1, 0.15) is 51.6 Å². The number of alkyl halides is 3. The Hall–Kier alpha value is -1.81. The van der Waals surface area contributed by atoms with Crippen molar-refractivity contribution in [1.29, 1.82) is 0 Å². The molecule has 162 valence electrons. The van der Waals surface area contributed by atoms with Gasteiger partial charge < -0.3 is 20.3 Å². The molecule has 0 spiro atoms. The molecular weight excluding hydrogens is 391 g/mol. The zero-order valence-electron chi connectivity index (χ0n) is 16.4. The van der Waals surface area contributed by atoms with E-state index in [2.05, 4.69) is 10.4 Å². The molecule has 0 aliphatic heterocycles. The number of aromatic nitrogens is 2. The lowest BCUT2D eigenvalue weighted by Gasteiger charge is -2.57. The molecule has 4 bridgehead atoms. The molecule has 29 heavy (non-hydrogen) atoms. The molecule has 1 amide bonds. The van der Waals surface area contributed by atoms with Gasteiger partial charge in [0.2, 0.25) is 0 Å². The number of aliphatic hydroxyl groups is 2. The van der Waals surface area contributed by atoms with E-state index < -0.39 is 41.5 Å². The molecule has 4 saturated carbocycles. The van der Waals surface area contributed by atoms with Crippen molar-refractivity contribution in [2.24, 2.45) is 17.8 Å². The van der Waals surface area contributed by atoms with Crippen molar-refractivity contribution < 1.29 is 32.9 Å². The first-order valence-electron chi connectivity index (χ1n) is 9.89. The zero-order chi connectivity index (χ0) is 21.2. The average Bonchev–Trinajstić information content (AvgIpc) is 3.01. The summed E-state index contributed by atoms with van der Waals surface area (Å²) in [6.07, 6.45) is -1.12. The standard InChI is InChI=1S/C19H26F3N3O4/c1-17(2,9-26)25-15(19(20,21)22)13(8-23-25)29-16(27)24-14-11-3-10-4-12(14)7-18(28,5-10)6-11/h8,10-12,14,26,28H,3-7,9H2,1-2H3,(H,24,27)/t10?,11-,12+,14?,18?. The topological polar surface area (TPSA) is 96.6 Å². The van der Waals surface area contributed by atoms with E-state index in [-0.39, 0.29) is 17.9 Å². The molecule has 1 aromatic rings. The van der Waals surface area contributed by atoms with Crippen LogP contribution < -0.4 is 10.1 Å². The monoisotopic (exact) mass is 417 g/mol. The molecule has 7 nitrogen and oxygen atoms in total. The van der Waals surface area contributed by atoms with Crippen molar-refractivity contribution in [3.63, 3.8) is 0 Å². The highest BCUT2D eigenvalue weighted by Gasteiger charge is 2.55. The number of hydrogen-bond donors (Lipinski definition) is 3. The summed E-state index contributed by atoms with van der Waals surface area (Å²) in [5.74, 6) is -0.0322. The highest BCUT2D eigenvalue weighted by atomic mass is 19.4. The van der Waals surface area contributed by atoms with Crippen molar-refractivity contribution in [3.8, 4) is 5.75 Å². The second-order valence-corrected chi connectivity index (χ2v) is 9.49. The maximum absolute atomic E-state index is 13.6. The number of nitrogens with zero attached hydrogens (tertiary/aromatic N) is 2. The third-order valence-corrected chi connectivity index (χ3v) is 6.69.